The Kier molecular flexibility index (Phi) is 6.67. The number of amides is 1. The highest BCUT2D eigenvalue weighted by molar-refractivity contribution is 5.94. The van der Waals surface area contributed by atoms with Gasteiger partial charge in [0, 0.05) is 49.0 Å². The van der Waals surface area contributed by atoms with Crippen LogP contribution in [0.4, 0.5) is 5.82 Å². The quantitative estimate of drug-likeness (QED) is 0.449. The molecule has 4 rings (SSSR count). The van der Waals surface area contributed by atoms with E-state index in [-0.39, 0.29) is 5.91 Å². The van der Waals surface area contributed by atoms with E-state index < -0.39 is 6.04 Å². The molecule has 3 heterocycles. The monoisotopic (exact) mass is 426 g/mol. The fourth-order valence-corrected chi connectivity index (χ4v) is 3.42. The minimum Gasteiger partial charge on any atom is -0.309 e. The highest BCUT2D eigenvalue weighted by Gasteiger charge is 2.20. The van der Waals surface area contributed by atoms with E-state index in [1.54, 1.807) is 23.1 Å². The van der Waals surface area contributed by atoms with Crippen molar-refractivity contribution in [1.82, 2.24) is 25.1 Å². The Morgan fingerprint density at radius 2 is 1.81 bits per heavy atom. The molecule has 1 atom stereocenters. The first kappa shape index (κ1) is 21.4. The zero-order valence-electron chi connectivity index (χ0n) is 18.2. The van der Waals surface area contributed by atoms with Gasteiger partial charge in [-0.25, -0.2) is 4.98 Å². The van der Waals surface area contributed by atoms with Gasteiger partial charge in [0.2, 0.25) is 5.91 Å². The number of rotatable bonds is 8. The first-order valence-electron chi connectivity index (χ1n) is 10.5. The molecule has 0 saturated carbocycles. The van der Waals surface area contributed by atoms with Crippen LogP contribution in [0.2, 0.25) is 0 Å². The molecular weight excluding hydrogens is 400 g/mol. The molecule has 0 fully saturated rings. The summed E-state index contributed by atoms with van der Waals surface area (Å²) in [5.74, 6) is 0.355. The molecule has 0 aliphatic rings. The smallest absolute Gasteiger partial charge is 0.247 e. The van der Waals surface area contributed by atoms with Crippen LogP contribution >= 0.6 is 0 Å². The second-order valence-electron chi connectivity index (χ2n) is 7.68. The van der Waals surface area contributed by atoms with Crippen molar-refractivity contribution in [2.75, 3.05) is 11.9 Å². The lowest BCUT2D eigenvalue weighted by molar-refractivity contribution is -0.118. The van der Waals surface area contributed by atoms with Gasteiger partial charge in [-0.1, -0.05) is 36.4 Å². The Hall–Kier alpha value is -3.84. The predicted octanol–water partition coefficient (Wildman–Crippen LogP) is 3.70. The zero-order valence-corrected chi connectivity index (χ0v) is 18.2. The van der Waals surface area contributed by atoms with Crippen molar-refractivity contribution in [1.29, 1.82) is 0 Å². The summed E-state index contributed by atoms with van der Waals surface area (Å²) in [6.45, 7) is 2.61. The molecule has 0 aliphatic heterocycles. The van der Waals surface area contributed by atoms with Gasteiger partial charge in [-0.15, -0.1) is 0 Å². The van der Waals surface area contributed by atoms with Crippen LogP contribution < -0.4 is 10.6 Å². The molecule has 7 nitrogen and oxygen atoms in total. The Balaban J connectivity index is 1.43. The highest BCUT2D eigenvalue weighted by Crippen LogP contribution is 2.20. The van der Waals surface area contributed by atoms with Crippen molar-refractivity contribution in [2.45, 2.75) is 19.4 Å². The fourth-order valence-electron chi connectivity index (χ4n) is 3.42. The van der Waals surface area contributed by atoms with E-state index in [1.807, 2.05) is 68.8 Å². The molecule has 4 aromatic rings. The number of anilines is 1. The lowest BCUT2D eigenvalue weighted by Gasteiger charge is -2.19. The average molecular weight is 427 g/mol. The van der Waals surface area contributed by atoms with Gasteiger partial charge in [0.25, 0.3) is 0 Å². The Bertz CT molecular complexity index is 1150. The van der Waals surface area contributed by atoms with Gasteiger partial charge >= 0.3 is 0 Å². The van der Waals surface area contributed by atoms with Crippen molar-refractivity contribution in [2.24, 2.45) is 7.05 Å². The van der Waals surface area contributed by atoms with E-state index in [2.05, 4.69) is 31.8 Å². The van der Waals surface area contributed by atoms with E-state index >= 15 is 0 Å². The number of aromatic nitrogens is 4. The second-order valence-corrected chi connectivity index (χ2v) is 7.68. The third kappa shape index (κ3) is 5.44. The van der Waals surface area contributed by atoms with E-state index in [9.17, 15) is 4.79 Å². The molecule has 0 radical (unpaired) electrons. The van der Waals surface area contributed by atoms with Crippen molar-refractivity contribution in [3.05, 3.63) is 96.2 Å². The minimum atomic E-state index is -0.491. The third-order valence-electron chi connectivity index (χ3n) is 5.18. The summed E-state index contributed by atoms with van der Waals surface area (Å²) in [7, 11) is 1.87. The molecule has 32 heavy (non-hydrogen) atoms. The Labute approximate surface area is 187 Å². The van der Waals surface area contributed by atoms with Gasteiger partial charge in [-0.2, -0.15) is 5.10 Å². The van der Waals surface area contributed by atoms with Crippen LogP contribution in [0.1, 0.15) is 22.9 Å². The van der Waals surface area contributed by atoms with Crippen LogP contribution in [-0.2, 0) is 18.3 Å². The number of nitrogens with one attached hydrogen (secondary N) is 2. The van der Waals surface area contributed by atoms with Crippen molar-refractivity contribution in [3.8, 4) is 11.1 Å². The standard InChI is InChI=1S/C25H26N6O/c1-18-8-9-19(14-27-18)12-13-26-24(20-6-4-3-5-7-20)25(32)30-23-11-10-21(15-28-23)22-16-29-31(2)17-22/h3-11,14-17,24,26H,12-13H2,1-2H3,(H,28,30,32). The second kappa shape index (κ2) is 9.98. The predicted molar refractivity (Wildman–Crippen MR) is 125 cm³/mol. The van der Waals surface area contributed by atoms with Crippen LogP contribution in [0.25, 0.3) is 11.1 Å². The lowest BCUT2D eigenvalue weighted by Crippen LogP contribution is -2.34. The number of carbonyl (C=O) groups is 1. The summed E-state index contributed by atoms with van der Waals surface area (Å²) in [5, 5.41) is 10.5. The first-order valence-corrected chi connectivity index (χ1v) is 10.5. The van der Waals surface area contributed by atoms with Gasteiger partial charge in [-0.3, -0.25) is 14.5 Å². The molecule has 1 amide bonds. The molecule has 1 unspecified atom stereocenters. The Morgan fingerprint density at radius 3 is 2.47 bits per heavy atom. The third-order valence-corrected chi connectivity index (χ3v) is 5.18. The van der Waals surface area contributed by atoms with E-state index in [1.165, 1.54) is 0 Å². The summed E-state index contributed by atoms with van der Waals surface area (Å²) in [5.41, 5.74) is 4.94. The number of benzene rings is 1. The fraction of sp³-hybridized carbons (Fsp3) is 0.200. The van der Waals surface area contributed by atoms with Gasteiger partial charge in [0.15, 0.2) is 0 Å². The van der Waals surface area contributed by atoms with Crippen LogP contribution in [0.15, 0.2) is 79.4 Å². The van der Waals surface area contributed by atoms with Crippen LogP contribution in [0.5, 0.6) is 0 Å². The van der Waals surface area contributed by atoms with Gasteiger partial charge in [-0.05, 0) is 42.7 Å². The van der Waals surface area contributed by atoms with Crippen molar-refractivity contribution in [3.63, 3.8) is 0 Å². The maximum atomic E-state index is 13.1. The van der Waals surface area contributed by atoms with Crippen LogP contribution in [0.3, 0.4) is 0 Å². The maximum absolute atomic E-state index is 13.1. The molecular formula is C25H26N6O. The molecule has 1 aromatic carbocycles. The maximum Gasteiger partial charge on any atom is 0.247 e. The lowest BCUT2D eigenvalue weighted by atomic mass is 10.1. The summed E-state index contributed by atoms with van der Waals surface area (Å²) >= 11 is 0. The number of pyridine rings is 2. The number of hydrogen-bond donors (Lipinski definition) is 2. The van der Waals surface area contributed by atoms with Crippen LogP contribution in [0, 0.1) is 6.92 Å². The summed E-state index contributed by atoms with van der Waals surface area (Å²) in [6, 6.07) is 17.0. The van der Waals surface area contributed by atoms with Crippen LogP contribution in [-0.4, -0.2) is 32.2 Å². The topological polar surface area (TPSA) is 84.7 Å². The van der Waals surface area contributed by atoms with Crippen molar-refractivity contribution < 1.29 is 4.79 Å². The van der Waals surface area contributed by atoms with E-state index in [0.29, 0.717) is 12.4 Å². The van der Waals surface area contributed by atoms with E-state index in [0.717, 1.165) is 34.4 Å². The first-order chi connectivity index (χ1) is 15.6. The number of nitrogens with zero attached hydrogens (tertiary/aromatic N) is 4. The molecule has 0 spiro atoms. The van der Waals surface area contributed by atoms with Gasteiger partial charge < -0.3 is 10.6 Å². The molecule has 0 saturated heterocycles. The SMILES string of the molecule is Cc1ccc(CCNC(C(=O)Nc2ccc(-c3cnn(C)c3)cn2)c2ccccc2)cn1. The average Bonchev–Trinajstić information content (AvgIpc) is 3.25. The molecule has 3 aromatic heterocycles. The highest BCUT2D eigenvalue weighted by atomic mass is 16.2. The minimum absolute atomic E-state index is 0.153. The van der Waals surface area contributed by atoms with E-state index in [4.69, 9.17) is 0 Å². The summed E-state index contributed by atoms with van der Waals surface area (Å²) in [4.78, 5) is 21.9. The number of hydrogen-bond acceptors (Lipinski definition) is 5. The summed E-state index contributed by atoms with van der Waals surface area (Å²) < 4.78 is 1.74. The zero-order chi connectivity index (χ0) is 22.3. The largest absolute Gasteiger partial charge is 0.309 e. The normalized spacial score (nSPS) is 11.8. The van der Waals surface area contributed by atoms with Crippen molar-refractivity contribution >= 4 is 11.7 Å². The number of aryl methyl sites for hydroxylation is 2. The molecule has 162 valence electrons. The van der Waals surface area contributed by atoms with Gasteiger partial charge in [0.1, 0.15) is 11.9 Å². The Morgan fingerprint density at radius 1 is 0.969 bits per heavy atom. The van der Waals surface area contributed by atoms with Gasteiger partial charge in [0.05, 0.1) is 6.20 Å². The summed E-state index contributed by atoms with van der Waals surface area (Å²) in [6.07, 6.45) is 8.11. The molecule has 0 aliphatic carbocycles. The molecule has 2 N–H and O–H groups in total. The molecule has 7 heteroatoms. The number of carbonyl (C=O) groups excluding carboxylic acids is 1. The molecule has 0 bridgehead atoms.